The van der Waals surface area contributed by atoms with Gasteiger partial charge >= 0.3 is 0 Å². The molecule has 0 radical (unpaired) electrons. The SMILES string of the molecule is CCOc1ccc(C(C)Nc2ccn(C)n2)cc1. The second kappa shape index (κ2) is 5.58. The molecule has 0 amide bonds. The average molecular weight is 245 g/mol. The lowest BCUT2D eigenvalue weighted by Crippen LogP contribution is -2.07. The molecule has 0 fully saturated rings. The first-order valence-corrected chi connectivity index (χ1v) is 6.18. The Morgan fingerprint density at radius 1 is 1.28 bits per heavy atom. The predicted octanol–water partition coefficient (Wildman–Crippen LogP) is 2.99. The Balaban J connectivity index is 2.02. The van der Waals surface area contributed by atoms with Gasteiger partial charge in [-0.15, -0.1) is 0 Å². The molecule has 0 aliphatic heterocycles. The van der Waals surface area contributed by atoms with Gasteiger partial charge in [0.05, 0.1) is 12.6 Å². The second-order valence-electron chi connectivity index (χ2n) is 4.24. The normalized spacial score (nSPS) is 12.2. The van der Waals surface area contributed by atoms with Crippen molar-refractivity contribution in [3.05, 3.63) is 42.1 Å². The van der Waals surface area contributed by atoms with Crippen LogP contribution in [-0.2, 0) is 7.05 Å². The number of aryl methyl sites for hydroxylation is 1. The smallest absolute Gasteiger partial charge is 0.148 e. The van der Waals surface area contributed by atoms with Crippen LogP contribution in [0, 0.1) is 0 Å². The van der Waals surface area contributed by atoms with Crippen LogP contribution in [0.5, 0.6) is 5.75 Å². The van der Waals surface area contributed by atoms with E-state index in [1.54, 1.807) is 4.68 Å². The highest BCUT2D eigenvalue weighted by Crippen LogP contribution is 2.20. The van der Waals surface area contributed by atoms with Crippen molar-refractivity contribution in [1.29, 1.82) is 0 Å². The lowest BCUT2D eigenvalue weighted by molar-refractivity contribution is 0.340. The second-order valence-corrected chi connectivity index (χ2v) is 4.24. The van der Waals surface area contributed by atoms with Crippen molar-refractivity contribution in [2.24, 2.45) is 7.05 Å². The summed E-state index contributed by atoms with van der Waals surface area (Å²) < 4.78 is 7.21. The fourth-order valence-electron chi connectivity index (χ4n) is 1.82. The molecule has 1 aromatic heterocycles. The van der Waals surface area contributed by atoms with Gasteiger partial charge in [0, 0.05) is 19.3 Å². The van der Waals surface area contributed by atoms with E-state index in [9.17, 15) is 0 Å². The molecule has 1 atom stereocenters. The minimum atomic E-state index is 0.218. The number of hydrogen-bond donors (Lipinski definition) is 1. The van der Waals surface area contributed by atoms with Crippen molar-refractivity contribution in [3.8, 4) is 5.75 Å². The molecule has 0 spiro atoms. The summed E-state index contributed by atoms with van der Waals surface area (Å²) in [4.78, 5) is 0. The van der Waals surface area contributed by atoms with Gasteiger partial charge in [-0.05, 0) is 31.5 Å². The summed E-state index contributed by atoms with van der Waals surface area (Å²) in [6.07, 6.45) is 1.92. The molecule has 0 saturated heterocycles. The Kier molecular flexibility index (Phi) is 3.87. The predicted molar refractivity (Wildman–Crippen MR) is 72.9 cm³/mol. The fourth-order valence-corrected chi connectivity index (χ4v) is 1.82. The summed E-state index contributed by atoms with van der Waals surface area (Å²) in [6.45, 7) is 4.80. The van der Waals surface area contributed by atoms with Gasteiger partial charge in [-0.1, -0.05) is 12.1 Å². The van der Waals surface area contributed by atoms with E-state index < -0.39 is 0 Å². The van der Waals surface area contributed by atoms with Crippen LogP contribution in [0.3, 0.4) is 0 Å². The molecule has 96 valence electrons. The first-order chi connectivity index (χ1) is 8.69. The zero-order chi connectivity index (χ0) is 13.0. The van der Waals surface area contributed by atoms with Gasteiger partial charge in [0.15, 0.2) is 0 Å². The van der Waals surface area contributed by atoms with E-state index in [0.29, 0.717) is 6.61 Å². The molecule has 0 saturated carbocycles. The molecule has 18 heavy (non-hydrogen) atoms. The van der Waals surface area contributed by atoms with E-state index in [2.05, 4.69) is 29.5 Å². The molecule has 2 rings (SSSR count). The lowest BCUT2D eigenvalue weighted by atomic mass is 10.1. The van der Waals surface area contributed by atoms with Crippen molar-refractivity contribution in [2.45, 2.75) is 19.9 Å². The Labute approximate surface area is 108 Å². The van der Waals surface area contributed by atoms with E-state index in [-0.39, 0.29) is 6.04 Å². The van der Waals surface area contributed by atoms with Crippen molar-refractivity contribution in [2.75, 3.05) is 11.9 Å². The average Bonchev–Trinajstić information content (AvgIpc) is 2.76. The number of aromatic nitrogens is 2. The summed E-state index contributed by atoms with van der Waals surface area (Å²) >= 11 is 0. The number of benzene rings is 1. The van der Waals surface area contributed by atoms with Crippen molar-refractivity contribution in [1.82, 2.24) is 9.78 Å². The van der Waals surface area contributed by atoms with Crippen LogP contribution in [0.25, 0.3) is 0 Å². The summed E-state index contributed by atoms with van der Waals surface area (Å²) in [5, 5.41) is 7.66. The number of anilines is 1. The van der Waals surface area contributed by atoms with E-state index in [1.165, 1.54) is 5.56 Å². The number of hydrogen-bond acceptors (Lipinski definition) is 3. The van der Waals surface area contributed by atoms with Gasteiger partial charge in [-0.3, -0.25) is 4.68 Å². The van der Waals surface area contributed by atoms with E-state index in [1.807, 2.05) is 38.4 Å². The molecule has 1 aromatic carbocycles. The summed E-state index contributed by atoms with van der Waals surface area (Å²) in [6, 6.07) is 10.3. The zero-order valence-corrected chi connectivity index (χ0v) is 11.1. The lowest BCUT2D eigenvalue weighted by Gasteiger charge is -2.14. The fraction of sp³-hybridized carbons (Fsp3) is 0.357. The summed E-state index contributed by atoms with van der Waals surface area (Å²) in [5.74, 6) is 1.80. The third-order valence-corrected chi connectivity index (χ3v) is 2.77. The third kappa shape index (κ3) is 3.03. The molecule has 0 aliphatic carbocycles. The van der Waals surface area contributed by atoms with Gasteiger partial charge in [0.1, 0.15) is 11.6 Å². The number of ether oxygens (including phenoxy) is 1. The van der Waals surface area contributed by atoms with Crippen LogP contribution in [0.15, 0.2) is 36.5 Å². The van der Waals surface area contributed by atoms with E-state index >= 15 is 0 Å². The molecular weight excluding hydrogens is 226 g/mol. The molecule has 4 heteroatoms. The number of nitrogens with one attached hydrogen (secondary N) is 1. The molecule has 4 nitrogen and oxygen atoms in total. The third-order valence-electron chi connectivity index (χ3n) is 2.77. The van der Waals surface area contributed by atoms with Crippen molar-refractivity contribution >= 4 is 5.82 Å². The van der Waals surface area contributed by atoms with Gasteiger partial charge in [-0.25, -0.2) is 0 Å². The first kappa shape index (κ1) is 12.5. The quantitative estimate of drug-likeness (QED) is 0.880. The summed E-state index contributed by atoms with van der Waals surface area (Å²) in [7, 11) is 1.91. The minimum Gasteiger partial charge on any atom is -0.494 e. The van der Waals surface area contributed by atoms with E-state index in [4.69, 9.17) is 4.74 Å². The van der Waals surface area contributed by atoms with Crippen LogP contribution >= 0.6 is 0 Å². The van der Waals surface area contributed by atoms with Crippen LogP contribution < -0.4 is 10.1 Å². The van der Waals surface area contributed by atoms with Crippen molar-refractivity contribution in [3.63, 3.8) is 0 Å². The molecule has 1 unspecified atom stereocenters. The van der Waals surface area contributed by atoms with Crippen molar-refractivity contribution < 1.29 is 4.74 Å². The number of nitrogens with zero attached hydrogens (tertiary/aromatic N) is 2. The minimum absolute atomic E-state index is 0.218. The Hall–Kier alpha value is -1.97. The van der Waals surface area contributed by atoms with Crippen LogP contribution in [0.4, 0.5) is 5.82 Å². The largest absolute Gasteiger partial charge is 0.494 e. The topological polar surface area (TPSA) is 39.1 Å². The van der Waals surface area contributed by atoms with Gasteiger partial charge in [0.2, 0.25) is 0 Å². The molecule has 2 aromatic rings. The highest BCUT2D eigenvalue weighted by atomic mass is 16.5. The van der Waals surface area contributed by atoms with Crippen LogP contribution in [-0.4, -0.2) is 16.4 Å². The zero-order valence-electron chi connectivity index (χ0n) is 11.1. The van der Waals surface area contributed by atoms with E-state index in [0.717, 1.165) is 11.6 Å². The van der Waals surface area contributed by atoms with Crippen LogP contribution in [0.1, 0.15) is 25.5 Å². The standard InChI is InChI=1S/C14H19N3O/c1-4-18-13-7-5-12(6-8-13)11(2)15-14-9-10-17(3)16-14/h5-11H,4H2,1-3H3,(H,15,16). The molecule has 1 heterocycles. The first-order valence-electron chi connectivity index (χ1n) is 6.18. The highest BCUT2D eigenvalue weighted by Gasteiger charge is 2.06. The molecule has 1 N–H and O–H groups in total. The monoisotopic (exact) mass is 245 g/mol. The Bertz CT molecular complexity index is 490. The molecule has 0 aliphatic rings. The van der Waals surface area contributed by atoms with Gasteiger partial charge in [0.25, 0.3) is 0 Å². The summed E-state index contributed by atoms with van der Waals surface area (Å²) in [5.41, 5.74) is 1.21. The maximum Gasteiger partial charge on any atom is 0.148 e. The molecular formula is C14H19N3O. The Morgan fingerprint density at radius 2 is 2.00 bits per heavy atom. The van der Waals surface area contributed by atoms with Gasteiger partial charge in [-0.2, -0.15) is 5.10 Å². The van der Waals surface area contributed by atoms with Crippen LogP contribution in [0.2, 0.25) is 0 Å². The Morgan fingerprint density at radius 3 is 2.56 bits per heavy atom. The highest BCUT2D eigenvalue weighted by molar-refractivity contribution is 5.38. The molecule has 0 bridgehead atoms. The number of rotatable bonds is 5. The maximum absolute atomic E-state index is 5.43. The van der Waals surface area contributed by atoms with Gasteiger partial charge < -0.3 is 10.1 Å². The maximum atomic E-state index is 5.43.